The van der Waals surface area contributed by atoms with Crippen molar-refractivity contribution < 1.29 is 9.13 Å². The first-order valence-electron chi connectivity index (χ1n) is 5.83. The normalized spacial score (nSPS) is 18.1. The molecule has 0 spiro atoms. The topological polar surface area (TPSA) is 33.6 Å². The molecule has 1 aromatic rings. The Morgan fingerprint density at radius 1 is 1.44 bits per heavy atom. The summed E-state index contributed by atoms with van der Waals surface area (Å²) in [5, 5.41) is 4.08. The van der Waals surface area contributed by atoms with Crippen molar-refractivity contribution in [3.63, 3.8) is 0 Å². The molecular formula is C13H17FN2OS. The molecule has 1 heterocycles. The minimum Gasteiger partial charge on any atom is -0.494 e. The first kappa shape index (κ1) is 13.2. The maximum absolute atomic E-state index is 13.3. The maximum Gasteiger partial charge on any atom is 0.165 e. The van der Waals surface area contributed by atoms with Crippen LogP contribution in [0.5, 0.6) is 5.75 Å². The molecule has 0 atom stereocenters. The Morgan fingerprint density at radius 2 is 2.22 bits per heavy atom. The molecule has 0 saturated heterocycles. The summed E-state index contributed by atoms with van der Waals surface area (Å²) in [6.07, 6.45) is 1.07. The molecule has 0 unspecified atom stereocenters. The lowest BCUT2D eigenvalue weighted by Crippen LogP contribution is -2.27. The van der Waals surface area contributed by atoms with Gasteiger partial charge in [-0.05, 0) is 32.4 Å². The summed E-state index contributed by atoms with van der Waals surface area (Å²) in [5.74, 6) is 0.916. The molecule has 1 N–H and O–H groups in total. The Morgan fingerprint density at radius 3 is 2.89 bits per heavy atom. The number of methoxy groups -OCH3 is 1. The molecule has 0 amide bonds. The maximum atomic E-state index is 13.3. The molecular weight excluding hydrogens is 251 g/mol. The number of amidine groups is 1. The first-order chi connectivity index (χ1) is 8.50. The number of nitrogens with zero attached hydrogens (tertiary/aromatic N) is 1. The van der Waals surface area contributed by atoms with E-state index < -0.39 is 0 Å². The number of rotatable bonds is 2. The van der Waals surface area contributed by atoms with Gasteiger partial charge in [0.15, 0.2) is 16.7 Å². The van der Waals surface area contributed by atoms with Gasteiger partial charge in [0.2, 0.25) is 0 Å². The molecule has 0 bridgehead atoms. The lowest BCUT2D eigenvalue weighted by molar-refractivity contribution is 0.387. The van der Waals surface area contributed by atoms with Gasteiger partial charge in [0, 0.05) is 17.5 Å². The van der Waals surface area contributed by atoms with Crippen molar-refractivity contribution in [3.8, 4) is 5.75 Å². The summed E-state index contributed by atoms with van der Waals surface area (Å²) < 4.78 is 18.2. The lowest BCUT2D eigenvalue weighted by Gasteiger charge is -2.26. The Hall–Kier alpha value is -1.23. The molecule has 1 aliphatic rings. The van der Waals surface area contributed by atoms with Gasteiger partial charge in [-0.1, -0.05) is 11.8 Å². The number of anilines is 1. The average Bonchev–Trinajstić information content (AvgIpc) is 2.30. The van der Waals surface area contributed by atoms with E-state index in [1.54, 1.807) is 23.9 Å². The van der Waals surface area contributed by atoms with Crippen molar-refractivity contribution in [2.45, 2.75) is 25.8 Å². The quantitative estimate of drug-likeness (QED) is 0.891. The van der Waals surface area contributed by atoms with Crippen LogP contribution in [0, 0.1) is 5.82 Å². The zero-order valence-corrected chi connectivity index (χ0v) is 11.6. The van der Waals surface area contributed by atoms with E-state index >= 15 is 0 Å². The van der Waals surface area contributed by atoms with Gasteiger partial charge in [-0.2, -0.15) is 0 Å². The van der Waals surface area contributed by atoms with Crippen molar-refractivity contribution in [1.82, 2.24) is 0 Å². The number of halogens is 1. The predicted molar refractivity (Wildman–Crippen MR) is 75.2 cm³/mol. The highest BCUT2D eigenvalue weighted by atomic mass is 32.2. The zero-order chi connectivity index (χ0) is 13.2. The van der Waals surface area contributed by atoms with Crippen molar-refractivity contribution in [3.05, 3.63) is 24.0 Å². The standard InChI is InChI=1S/C13H17FN2OS/c1-13(2)6-7-18-12(16-13)15-9-4-5-10(14)11(8-9)17-3/h4-5,8H,6-7H2,1-3H3,(H,15,16). The van der Waals surface area contributed by atoms with Crippen LogP contribution in [0.15, 0.2) is 23.2 Å². The molecule has 5 heteroatoms. The van der Waals surface area contributed by atoms with Crippen molar-refractivity contribution in [2.24, 2.45) is 4.99 Å². The van der Waals surface area contributed by atoms with Crippen LogP contribution >= 0.6 is 11.8 Å². The predicted octanol–water partition coefficient (Wildman–Crippen LogP) is 3.52. The average molecular weight is 268 g/mol. The summed E-state index contributed by atoms with van der Waals surface area (Å²) >= 11 is 1.68. The third-order valence-electron chi connectivity index (χ3n) is 2.76. The van der Waals surface area contributed by atoms with Crippen molar-refractivity contribution in [1.29, 1.82) is 0 Å². The van der Waals surface area contributed by atoms with Crippen LogP contribution in [0.1, 0.15) is 20.3 Å². The Balaban J connectivity index is 2.17. The van der Waals surface area contributed by atoms with Crippen molar-refractivity contribution >= 4 is 22.6 Å². The van der Waals surface area contributed by atoms with E-state index in [-0.39, 0.29) is 17.1 Å². The van der Waals surface area contributed by atoms with Crippen molar-refractivity contribution in [2.75, 3.05) is 18.2 Å². The van der Waals surface area contributed by atoms with Crippen LogP contribution in [0.2, 0.25) is 0 Å². The molecule has 0 aliphatic carbocycles. The molecule has 0 saturated carbocycles. The fourth-order valence-corrected chi connectivity index (χ4v) is 2.98. The lowest BCUT2D eigenvalue weighted by atomic mass is 10.0. The highest BCUT2D eigenvalue weighted by molar-refractivity contribution is 8.14. The number of benzene rings is 1. The highest BCUT2D eigenvalue weighted by Gasteiger charge is 2.22. The minimum absolute atomic E-state index is 0.0301. The molecule has 2 rings (SSSR count). The molecule has 18 heavy (non-hydrogen) atoms. The molecule has 0 radical (unpaired) electrons. The van der Waals surface area contributed by atoms with E-state index in [4.69, 9.17) is 4.74 Å². The van der Waals surface area contributed by atoms with E-state index in [0.29, 0.717) is 0 Å². The van der Waals surface area contributed by atoms with E-state index in [0.717, 1.165) is 23.0 Å². The Bertz CT molecular complexity index is 474. The second kappa shape index (κ2) is 5.18. The van der Waals surface area contributed by atoms with Gasteiger partial charge in [-0.25, -0.2) is 4.39 Å². The van der Waals surface area contributed by atoms with Gasteiger partial charge in [0.1, 0.15) is 0 Å². The fourth-order valence-electron chi connectivity index (χ4n) is 1.69. The summed E-state index contributed by atoms with van der Waals surface area (Å²) in [5.41, 5.74) is 0.759. The van der Waals surface area contributed by atoms with E-state index in [2.05, 4.69) is 24.2 Å². The number of ether oxygens (including phenoxy) is 1. The SMILES string of the molecule is COc1cc(NC2=NC(C)(C)CCS2)ccc1F. The number of hydrogen-bond acceptors (Lipinski definition) is 4. The van der Waals surface area contributed by atoms with Gasteiger partial charge in [-0.3, -0.25) is 4.99 Å². The summed E-state index contributed by atoms with van der Waals surface area (Å²) in [4.78, 5) is 4.62. The molecule has 1 aliphatic heterocycles. The molecule has 1 aromatic carbocycles. The summed E-state index contributed by atoms with van der Waals surface area (Å²) in [6, 6.07) is 4.71. The number of hydrogen-bond donors (Lipinski definition) is 1. The van der Waals surface area contributed by atoms with Crippen LogP contribution in [0.25, 0.3) is 0 Å². The van der Waals surface area contributed by atoms with Gasteiger partial charge in [-0.15, -0.1) is 0 Å². The third kappa shape index (κ3) is 3.16. The van der Waals surface area contributed by atoms with Gasteiger partial charge in [0.05, 0.1) is 12.6 Å². The number of nitrogens with one attached hydrogen (secondary N) is 1. The van der Waals surface area contributed by atoms with Gasteiger partial charge in [0.25, 0.3) is 0 Å². The van der Waals surface area contributed by atoms with Gasteiger partial charge >= 0.3 is 0 Å². The Kier molecular flexibility index (Phi) is 3.80. The zero-order valence-electron chi connectivity index (χ0n) is 10.8. The van der Waals surface area contributed by atoms with Crippen LogP contribution in [-0.2, 0) is 0 Å². The van der Waals surface area contributed by atoms with E-state index in [1.165, 1.54) is 13.2 Å². The second-order valence-corrected chi connectivity index (χ2v) is 5.89. The van der Waals surface area contributed by atoms with E-state index in [1.807, 2.05) is 0 Å². The third-order valence-corrected chi connectivity index (χ3v) is 3.63. The fraction of sp³-hybridized carbons (Fsp3) is 0.462. The number of aliphatic imine (C=N–C) groups is 1. The first-order valence-corrected chi connectivity index (χ1v) is 6.82. The molecule has 0 fully saturated rings. The van der Waals surface area contributed by atoms with Crippen LogP contribution < -0.4 is 10.1 Å². The van der Waals surface area contributed by atoms with Crippen LogP contribution in [-0.4, -0.2) is 23.6 Å². The largest absolute Gasteiger partial charge is 0.494 e. The summed E-state index contributed by atoms with van der Waals surface area (Å²) in [6.45, 7) is 4.22. The number of thioether (sulfide) groups is 1. The van der Waals surface area contributed by atoms with Crippen LogP contribution in [0.3, 0.4) is 0 Å². The minimum atomic E-state index is -0.360. The monoisotopic (exact) mass is 268 g/mol. The second-order valence-electron chi connectivity index (χ2n) is 4.80. The Labute approximate surface area is 111 Å². The molecule has 3 nitrogen and oxygen atoms in total. The highest BCUT2D eigenvalue weighted by Crippen LogP contribution is 2.28. The summed E-state index contributed by atoms with van der Waals surface area (Å²) in [7, 11) is 1.46. The van der Waals surface area contributed by atoms with E-state index in [9.17, 15) is 4.39 Å². The van der Waals surface area contributed by atoms with Gasteiger partial charge < -0.3 is 10.1 Å². The molecule has 98 valence electrons. The molecule has 0 aromatic heterocycles. The van der Waals surface area contributed by atoms with Crippen LogP contribution in [0.4, 0.5) is 10.1 Å². The smallest absolute Gasteiger partial charge is 0.165 e.